The van der Waals surface area contributed by atoms with Crippen LogP contribution in [0.25, 0.3) is 0 Å². The number of hydrogen-bond donors (Lipinski definition) is 3. The number of aliphatic carboxylic acids is 1. The number of benzene rings is 2. The third-order valence-electron chi connectivity index (χ3n) is 4.78. The molecular weight excluding hydrogens is 407 g/mol. The molecule has 0 saturated carbocycles. The summed E-state index contributed by atoms with van der Waals surface area (Å²) in [5.74, 6) is -1.63. The lowest BCUT2D eigenvalue weighted by Gasteiger charge is -2.40. The van der Waals surface area contributed by atoms with Crippen molar-refractivity contribution in [2.24, 2.45) is 0 Å². The summed E-state index contributed by atoms with van der Waals surface area (Å²) in [5, 5.41) is 19.2. The van der Waals surface area contributed by atoms with E-state index < -0.39 is 26.0 Å². The first-order chi connectivity index (χ1) is 13.3. The van der Waals surface area contributed by atoms with Crippen LogP contribution in [0.4, 0.5) is 4.39 Å². The van der Waals surface area contributed by atoms with Crippen LogP contribution in [0.1, 0.15) is 19.3 Å². The van der Waals surface area contributed by atoms with Crippen LogP contribution in [0, 0.1) is 5.82 Å². The molecule has 1 saturated heterocycles. The van der Waals surface area contributed by atoms with Crippen LogP contribution in [-0.2, 0) is 14.8 Å². The molecule has 1 fully saturated rings. The number of rotatable bonds is 6. The van der Waals surface area contributed by atoms with E-state index in [-0.39, 0.29) is 23.7 Å². The fourth-order valence-electron chi connectivity index (χ4n) is 3.32. The van der Waals surface area contributed by atoms with E-state index in [0.29, 0.717) is 12.8 Å². The molecule has 2 aromatic rings. The van der Waals surface area contributed by atoms with E-state index in [1.54, 1.807) is 29.9 Å². The zero-order valence-electron chi connectivity index (χ0n) is 14.8. The number of hydrogen-bond acceptors (Lipinski definition) is 6. The van der Waals surface area contributed by atoms with Crippen LogP contribution >= 0.6 is 11.8 Å². The summed E-state index contributed by atoms with van der Waals surface area (Å²) in [7, 11) is -4.23. The van der Waals surface area contributed by atoms with Crippen LogP contribution < -0.4 is 5.59 Å². The molecule has 2 atom stereocenters. The van der Waals surface area contributed by atoms with Crippen molar-refractivity contribution < 1.29 is 31.9 Å². The van der Waals surface area contributed by atoms with Crippen molar-refractivity contribution in [2.75, 3.05) is 6.54 Å². The van der Waals surface area contributed by atoms with Gasteiger partial charge in [-0.3, -0.25) is 5.21 Å². The Kier molecular flexibility index (Phi) is 6.06. The number of piperidine rings is 1. The number of carboxylic acid groups (broad SMARTS) is 1. The third kappa shape index (κ3) is 3.78. The van der Waals surface area contributed by atoms with E-state index >= 15 is 0 Å². The number of nitrogens with zero attached hydrogens (tertiary/aromatic N) is 1. The SMILES string of the molecule is O=C(O)C1CCCC[N+]1(NO)S(=O)(=O)c1ccc(Sc2ccc(F)cc2)cc1. The molecule has 7 nitrogen and oxygen atoms in total. The fourth-order valence-corrected chi connectivity index (χ4v) is 6.00. The molecule has 0 spiro atoms. The van der Waals surface area contributed by atoms with Gasteiger partial charge in [-0.15, -0.1) is 4.00 Å². The van der Waals surface area contributed by atoms with Gasteiger partial charge in [0.05, 0.1) is 0 Å². The van der Waals surface area contributed by atoms with Gasteiger partial charge in [-0.05, 0) is 67.0 Å². The second-order valence-electron chi connectivity index (χ2n) is 6.47. The summed E-state index contributed by atoms with van der Waals surface area (Å²) < 4.78 is 38.3. The van der Waals surface area contributed by atoms with Gasteiger partial charge in [0.1, 0.15) is 17.3 Å². The second kappa shape index (κ2) is 8.18. The van der Waals surface area contributed by atoms with Gasteiger partial charge in [0.2, 0.25) is 6.04 Å². The monoisotopic (exact) mass is 427 g/mol. The summed E-state index contributed by atoms with van der Waals surface area (Å²) in [4.78, 5) is 13.1. The Hall–Kier alpha value is -1.98. The first kappa shape index (κ1) is 20.7. The lowest BCUT2D eigenvalue weighted by molar-refractivity contribution is -0.903. The number of carboxylic acids is 1. The van der Waals surface area contributed by atoms with E-state index in [0.717, 1.165) is 9.79 Å². The highest BCUT2D eigenvalue weighted by Crippen LogP contribution is 2.34. The van der Waals surface area contributed by atoms with Crippen molar-refractivity contribution in [1.29, 1.82) is 0 Å². The molecule has 10 heteroatoms. The molecule has 0 amide bonds. The minimum atomic E-state index is -4.23. The lowest BCUT2D eigenvalue weighted by Crippen LogP contribution is -2.69. The van der Waals surface area contributed by atoms with Gasteiger partial charge in [0, 0.05) is 16.2 Å². The predicted molar refractivity (Wildman–Crippen MR) is 99.5 cm³/mol. The highest BCUT2D eigenvalue weighted by Gasteiger charge is 2.55. The summed E-state index contributed by atoms with van der Waals surface area (Å²) in [6, 6.07) is 10.5. The standard InChI is InChI=1S/C18H19FN2O5S2/c19-13-4-6-14(7-5-13)27-15-8-10-16(11-9-15)28(25,26)21(20-24)12-2-1-3-17(21)18(22)23/h4-11,17,20,24H,1-3,12H2/p+1. The fraction of sp³-hybridized carbons (Fsp3) is 0.278. The first-order valence-corrected chi connectivity index (χ1v) is 10.9. The van der Waals surface area contributed by atoms with Crippen molar-refractivity contribution >= 4 is 27.8 Å². The predicted octanol–water partition coefficient (Wildman–Crippen LogP) is 3.01. The molecule has 28 heavy (non-hydrogen) atoms. The maximum atomic E-state index is 13.2. The molecule has 0 radical (unpaired) electrons. The number of quaternary nitrogens is 1. The molecule has 3 rings (SSSR count). The highest BCUT2D eigenvalue weighted by atomic mass is 32.2. The largest absolute Gasteiger partial charge is 0.477 e. The Morgan fingerprint density at radius 1 is 1.07 bits per heavy atom. The van der Waals surface area contributed by atoms with Crippen LogP contribution in [-0.4, -0.2) is 41.3 Å². The van der Waals surface area contributed by atoms with Crippen LogP contribution in [0.15, 0.2) is 63.2 Å². The number of halogens is 1. The molecule has 2 unspecified atom stereocenters. The Labute approximate surface area is 166 Å². The van der Waals surface area contributed by atoms with Gasteiger partial charge < -0.3 is 5.11 Å². The number of carbonyl (C=O) groups is 1. The van der Waals surface area contributed by atoms with Crippen LogP contribution in [0.3, 0.4) is 0 Å². The molecule has 1 aliphatic heterocycles. The lowest BCUT2D eigenvalue weighted by atomic mass is 10.0. The van der Waals surface area contributed by atoms with Crippen molar-refractivity contribution in [2.45, 2.75) is 40.0 Å². The zero-order chi connectivity index (χ0) is 20.4. The third-order valence-corrected chi connectivity index (χ3v) is 8.04. The van der Waals surface area contributed by atoms with Gasteiger partial charge in [-0.2, -0.15) is 8.42 Å². The number of sulfonamides is 1. The minimum absolute atomic E-state index is 0.0537. The minimum Gasteiger partial charge on any atom is -0.477 e. The normalized spacial score (nSPS) is 22.7. The quantitative estimate of drug-likeness (QED) is 0.481. The summed E-state index contributed by atoms with van der Waals surface area (Å²) >= 11 is 1.34. The number of nitrogens with one attached hydrogen (secondary N) is 1. The van der Waals surface area contributed by atoms with Crippen molar-refractivity contribution in [3.63, 3.8) is 0 Å². The average molecular weight is 427 g/mol. The Morgan fingerprint density at radius 2 is 1.64 bits per heavy atom. The summed E-state index contributed by atoms with van der Waals surface area (Å²) in [6.45, 7) is -0.0537. The molecule has 3 N–H and O–H groups in total. The topological polar surface area (TPSA) is 104 Å². The Bertz CT molecular complexity index is 951. The van der Waals surface area contributed by atoms with Crippen LogP contribution in [0.2, 0.25) is 0 Å². The molecule has 150 valence electrons. The van der Waals surface area contributed by atoms with Crippen molar-refractivity contribution in [1.82, 2.24) is 5.59 Å². The maximum absolute atomic E-state index is 13.2. The molecule has 1 heterocycles. The van der Waals surface area contributed by atoms with Gasteiger partial charge in [-0.1, -0.05) is 11.8 Å². The molecule has 1 aliphatic rings. The molecule has 2 aromatic carbocycles. The molecule has 0 aromatic heterocycles. The van der Waals surface area contributed by atoms with Crippen molar-refractivity contribution in [3.05, 3.63) is 54.3 Å². The first-order valence-electron chi connectivity index (χ1n) is 8.61. The van der Waals surface area contributed by atoms with E-state index in [9.17, 15) is 27.9 Å². The molecule has 0 bridgehead atoms. The second-order valence-corrected chi connectivity index (χ2v) is 9.69. The van der Waals surface area contributed by atoms with E-state index in [2.05, 4.69) is 0 Å². The Morgan fingerprint density at radius 3 is 2.18 bits per heavy atom. The van der Waals surface area contributed by atoms with E-state index in [1.807, 2.05) is 0 Å². The van der Waals surface area contributed by atoms with Gasteiger partial charge in [0.15, 0.2) is 0 Å². The summed E-state index contributed by atoms with van der Waals surface area (Å²) in [6.07, 6.45) is 1.18. The smallest absolute Gasteiger partial charge is 0.365 e. The molecule has 0 aliphatic carbocycles. The Balaban J connectivity index is 1.90. The summed E-state index contributed by atoms with van der Waals surface area (Å²) in [5.41, 5.74) is 1.78. The highest BCUT2D eigenvalue weighted by molar-refractivity contribution is 7.99. The van der Waals surface area contributed by atoms with Crippen LogP contribution in [0.5, 0.6) is 0 Å². The van der Waals surface area contributed by atoms with Gasteiger partial charge >= 0.3 is 16.0 Å². The maximum Gasteiger partial charge on any atom is 0.365 e. The van der Waals surface area contributed by atoms with Gasteiger partial charge in [-0.25, -0.2) is 9.18 Å². The average Bonchev–Trinajstić information content (AvgIpc) is 2.69. The van der Waals surface area contributed by atoms with Crippen molar-refractivity contribution in [3.8, 4) is 0 Å². The van der Waals surface area contributed by atoms with E-state index in [4.69, 9.17) is 0 Å². The van der Waals surface area contributed by atoms with Gasteiger partial charge in [0.25, 0.3) is 0 Å². The zero-order valence-corrected chi connectivity index (χ0v) is 16.4. The van der Waals surface area contributed by atoms with E-state index in [1.165, 1.54) is 36.0 Å². The molecular formula is C18H20FN2O5S2+.